The molecule has 0 saturated carbocycles. The van der Waals surface area contributed by atoms with Gasteiger partial charge in [-0.25, -0.2) is 0 Å². The molecule has 0 saturated heterocycles. The summed E-state index contributed by atoms with van der Waals surface area (Å²) in [5.41, 5.74) is 1.38. The number of aliphatic carboxylic acids is 1. The minimum absolute atomic E-state index is 0.0108. The molecule has 0 fully saturated rings. The second kappa shape index (κ2) is 6.76. The van der Waals surface area contributed by atoms with E-state index >= 15 is 0 Å². The summed E-state index contributed by atoms with van der Waals surface area (Å²) < 4.78 is 0. The third kappa shape index (κ3) is 5.45. The normalized spacial score (nSPS) is 10.4. The zero-order chi connectivity index (χ0) is 13.5. The van der Waals surface area contributed by atoms with Crippen molar-refractivity contribution in [2.24, 2.45) is 0 Å². The van der Waals surface area contributed by atoms with Gasteiger partial charge in [0.1, 0.15) is 0 Å². The molecule has 5 heteroatoms. The molecule has 0 aliphatic carbocycles. The number of benzene rings is 1. The fourth-order valence-corrected chi connectivity index (χ4v) is 1.38. The maximum atomic E-state index is 11.5. The van der Waals surface area contributed by atoms with Gasteiger partial charge in [0, 0.05) is 11.7 Å². The number of carbonyl (C=O) groups excluding carboxylic acids is 1. The van der Waals surface area contributed by atoms with E-state index in [0.717, 1.165) is 0 Å². The van der Waals surface area contributed by atoms with Gasteiger partial charge in [-0.2, -0.15) is 0 Å². The molecule has 0 atom stereocenters. The average Bonchev–Trinajstić information content (AvgIpc) is 2.28. The molecule has 0 spiro atoms. The third-order valence-corrected chi connectivity index (χ3v) is 2.26. The van der Waals surface area contributed by atoms with E-state index in [-0.39, 0.29) is 24.9 Å². The molecule has 1 aromatic rings. The Morgan fingerprint density at radius 1 is 1.22 bits per heavy atom. The summed E-state index contributed by atoms with van der Waals surface area (Å²) in [7, 11) is 0. The molecule has 0 aliphatic rings. The van der Waals surface area contributed by atoms with Gasteiger partial charge in [-0.05, 0) is 17.7 Å². The first-order valence-electron chi connectivity index (χ1n) is 5.81. The summed E-state index contributed by atoms with van der Waals surface area (Å²) in [5.74, 6) is -0.984. The maximum absolute atomic E-state index is 11.5. The van der Waals surface area contributed by atoms with Crippen LogP contribution < -0.4 is 10.6 Å². The van der Waals surface area contributed by atoms with Gasteiger partial charge >= 0.3 is 5.97 Å². The molecule has 18 heavy (non-hydrogen) atoms. The molecule has 3 N–H and O–H groups in total. The van der Waals surface area contributed by atoms with E-state index in [9.17, 15) is 9.59 Å². The Morgan fingerprint density at radius 2 is 1.83 bits per heavy atom. The summed E-state index contributed by atoms with van der Waals surface area (Å²) in [4.78, 5) is 22.0. The van der Waals surface area contributed by atoms with Crippen LogP contribution in [-0.2, 0) is 16.0 Å². The number of rotatable bonds is 6. The number of anilines is 1. The molecule has 5 nitrogen and oxygen atoms in total. The summed E-state index contributed by atoms with van der Waals surface area (Å²) in [6.45, 7) is 4.19. The van der Waals surface area contributed by atoms with Gasteiger partial charge in [0.25, 0.3) is 0 Å². The van der Waals surface area contributed by atoms with Crippen LogP contribution in [0.2, 0.25) is 0 Å². The molecule has 0 heterocycles. The van der Waals surface area contributed by atoms with Gasteiger partial charge < -0.3 is 15.7 Å². The number of carbonyl (C=O) groups is 2. The lowest BCUT2D eigenvalue weighted by Crippen LogP contribution is -2.32. The highest BCUT2D eigenvalue weighted by Gasteiger charge is 2.04. The molecular weight excluding hydrogens is 232 g/mol. The van der Waals surface area contributed by atoms with Crippen LogP contribution in [0.5, 0.6) is 0 Å². The van der Waals surface area contributed by atoms with Gasteiger partial charge in [-0.3, -0.25) is 9.59 Å². The van der Waals surface area contributed by atoms with Crippen molar-refractivity contribution in [3.05, 3.63) is 29.8 Å². The summed E-state index contributed by atoms with van der Waals surface area (Å²) in [6.07, 6.45) is -0.0108. The van der Waals surface area contributed by atoms with E-state index < -0.39 is 5.97 Å². The second-order valence-electron chi connectivity index (χ2n) is 4.35. The van der Waals surface area contributed by atoms with E-state index in [4.69, 9.17) is 5.11 Å². The molecule has 0 unspecified atom stereocenters. The van der Waals surface area contributed by atoms with Crippen molar-refractivity contribution in [3.63, 3.8) is 0 Å². The van der Waals surface area contributed by atoms with Crippen molar-refractivity contribution < 1.29 is 14.7 Å². The molecule has 0 aliphatic heterocycles. The number of hydrogen-bond donors (Lipinski definition) is 3. The van der Waals surface area contributed by atoms with E-state index in [1.807, 2.05) is 13.8 Å². The van der Waals surface area contributed by atoms with Gasteiger partial charge in [-0.15, -0.1) is 0 Å². The first-order chi connectivity index (χ1) is 8.47. The highest BCUT2D eigenvalue weighted by atomic mass is 16.4. The number of carboxylic acid groups (broad SMARTS) is 1. The van der Waals surface area contributed by atoms with Crippen LogP contribution in [0.1, 0.15) is 19.4 Å². The first kappa shape index (κ1) is 14.2. The lowest BCUT2D eigenvalue weighted by molar-refractivity contribution is -0.136. The van der Waals surface area contributed by atoms with Crippen molar-refractivity contribution in [2.75, 3.05) is 11.9 Å². The third-order valence-electron chi connectivity index (χ3n) is 2.26. The van der Waals surface area contributed by atoms with E-state index in [2.05, 4.69) is 10.6 Å². The SMILES string of the molecule is CC(C)NCC(=O)Nc1ccc(CC(=O)O)cc1. The predicted octanol–water partition coefficient (Wildman–Crippen LogP) is 1.25. The molecule has 0 bridgehead atoms. The Labute approximate surface area is 106 Å². The Morgan fingerprint density at radius 3 is 2.33 bits per heavy atom. The summed E-state index contributed by atoms with van der Waals surface area (Å²) in [6, 6.07) is 7.05. The minimum atomic E-state index is -0.868. The van der Waals surface area contributed by atoms with Crippen molar-refractivity contribution in [1.82, 2.24) is 5.32 Å². The van der Waals surface area contributed by atoms with E-state index in [0.29, 0.717) is 11.3 Å². The zero-order valence-electron chi connectivity index (χ0n) is 10.6. The fraction of sp³-hybridized carbons (Fsp3) is 0.385. The molecule has 0 aromatic heterocycles. The van der Waals surface area contributed by atoms with Crippen molar-refractivity contribution in [1.29, 1.82) is 0 Å². The van der Waals surface area contributed by atoms with Crippen molar-refractivity contribution in [2.45, 2.75) is 26.3 Å². The summed E-state index contributed by atoms with van der Waals surface area (Å²) in [5, 5.41) is 14.4. The Hall–Kier alpha value is -1.88. The van der Waals surface area contributed by atoms with Gasteiger partial charge in [-0.1, -0.05) is 26.0 Å². The molecule has 1 rings (SSSR count). The zero-order valence-corrected chi connectivity index (χ0v) is 10.6. The van der Waals surface area contributed by atoms with Gasteiger partial charge in [0.2, 0.25) is 5.91 Å². The van der Waals surface area contributed by atoms with Crippen LogP contribution in [0.4, 0.5) is 5.69 Å². The average molecular weight is 250 g/mol. The lowest BCUT2D eigenvalue weighted by Gasteiger charge is -2.09. The number of nitrogens with one attached hydrogen (secondary N) is 2. The minimum Gasteiger partial charge on any atom is -0.481 e. The van der Waals surface area contributed by atoms with Crippen LogP contribution in [-0.4, -0.2) is 29.6 Å². The molecular formula is C13H18N2O3. The standard InChI is InChI=1S/C13H18N2O3/c1-9(2)14-8-12(16)15-11-5-3-10(4-6-11)7-13(17)18/h3-6,9,14H,7-8H2,1-2H3,(H,15,16)(H,17,18). The van der Waals surface area contributed by atoms with E-state index in [1.165, 1.54) is 0 Å². The number of carboxylic acids is 1. The van der Waals surface area contributed by atoms with E-state index in [1.54, 1.807) is 24.3 Å². The van der Waals surface area contributed by atoms with Crippen LogP contribution in [0.25, 0.3) is 0 Å². The monoisotopic (exact) mass is 250 g/mol. The summed E-state index contributed by atoms with van der Waals surface area (Å²) >= 11 is 0. The Balaban J connectivity index is 2.48. The topological polar surface area (TPSA) is 78.4 Å². The largest absolute Gasteiger partial charge is 0.481 e. The van der Waals surface area contributed by atoms with Crippen molar-refractivity contribution >= 4 is 17.6 Å². The van der Waals surface area contributed by atoms with Crippen LogP contribution in [0.3, 0.4) is 0 Å². The predicted molar refractivity (Wildman–Crippen MR) is 69.6 cm³/mol. The maximum Gasteiger partial charge on any atom is 0.307 e. The highest BCUT2D eigenvalue weighted by molar-refractivity contribution is 5.92. The quantitative estimate of drug-likeness (QED) is 0.710. The Bertz CT molecular complexity index is 413. The lowest BCUT2D eigenvalue weighted by atomic mass is 10.1. The molecule has 1 amide bonds. The van der Waals surface area contributed by atoms with Crippen LogP contribution in [0, 0.1) is 0 Å². The number of hydrogen-bond acceptors (Lipinski definition) is 3. The molecule has 0 radical (unpaired) electrons. The highest BCUT2D eigenvalue weighted by Crippen LogP contribution is 2.09. The van der Waals surface area contributed by atoms with Gasteiger partial charge in [0.15, 0.2) is 0 Å². The van der Waals surface area contributed by atoms with Crippen LogP contribution in [0.15, 0.2) is 24.3 Å². The van der Waals surface area contributed by atoms with Crippen molar-refractivity contribution in [3.8, 4) is 0 Å². The molecule has 1 aromatic carbocycles. The van der Waals surface area contributed by atoms with Crippen LogP contribution >= 0.6 is 0 Å². The Kier molecular flexibility index (Phi) is 5.32. The fourth-order valence-electron chi connectivity index (χ4n) is 1.38. The number of amides is 1. The smallest absolute Gasteiger partial charge is 0.307 e. The second-order valence-corrected chi connectivity index (χ2v) is 4.35. The van der Waals surface area contributed by atoms with Gasteiger partial charge in [0.05, 0.1) is 13.0 Å². The first-order valence-corrected chi connectivity index (χ1v) is 5.81. The molecule has 98 valence electrons.